The van der Waals surface area contributed by atoms with E-state index in [4.69, 9.17) is 16.3 Å². The van der Waals surface area contributed by atoms with Crippen molar-refractivity contribution in [3.05, 3.63) is 53.2 Å². The Bertz CT molecular complexity index is 1420. The molecule has 12 heteroatoms. The van der Waals surface area contributed by atoms with Crippen molar-refractivity contribution in [1.82, 2.24) is 24.9 Å². The third-order valence-corrected chi connectivity index (χ3v) is 9.65. The summed E-state index contributed by atoms with van der Waals surface area (Å²) in [6.07, 6.45) is 1.55. The van der Waals surface area contributed by atoms with Crippen LogP contribution in [0.5, 0.6) is 5.75 Å². The predicted molar refractivity (Wildman–Crippen MR) is 170 cm³/mol. The number of halogens is 1. The van der Waals surface area contributed by atoms with Gasteiger partial charge in [0.15, 0.2) is 5.82 Å². The van der Waals surface area contributed by atoms with Gasteiger partial charge in [0.05, 0.1) is 24.7 Å². The number of methoxy groups -OCH3 is 1. The van der Waals surface area contributed by atoms with E-state index in [1.807, 2.05) is 31.2 Å². The Balaban J connectivity index is 1.28. The number of likely N-dealkylation sites (N-methyl/N-ethyl adjacent to an activating group) is 1. The fourth-order valence-corrected chi connectivity index (χ4v) is 7.31. The molecule has 2 aliphatic rings. The molecule has 5 rings (SSSR count). The average molecular weight is 599 g/mol. The van der Waals surface area contributed by atoms with Crippen LogP contribution in [-0.2, 0) is 4.57 Å². The summed E-state index contributed by atoms with van der Waals surface area (Å²) < 4.78 is 18.8. The van der Waals surface area contributed by atoms with E-state index in [1.165, 1.54) is 0 Å². The monoisotopic (exact) mass is 598 g/mol. The number of hydrazine groups is 1. The number of nitrogens with one attached hydrogen (secondary N) is 2. The van der Waals surface area contributed by atoms with Gasteiger partial charge in [0.2, 0.25) is 5.95 Å². The second kappa shape index (κ2) is 12.5. The van der Waals surface area contributed by atoms with Gasteiger partial charge in [0.25, 0.3) is 0 Å². The zero-order valence-corrected chi connectivity index (χ0v) is 26.2. The maximum atomic E-state index is 13.0. The van der Waals surface area contributed by atoms with Gasteiger partial charge in [-0.2, -0.15) is 4.98 Å². The molecule has 2 saturated heterocycles. The van der Waals surface area contributed by atoms with Crippen LogP contribution in [0.25, 0.3) is 0 Å². The molecule has 2 aliphatic heterocycles. The number of aromatic nitrogens is 2. The number of aryl methyl sites for hydroxylation is 1. The maximum Gasteiger partial charge on any atom is 0.229 e. The van der Waals surface area contributed by atoms with E-state index >= 15 is 0 Å². The molecule has 0 spiro atoms. The smallest absolute Gasteiger partial charge is 0.229 e. The molecule has 10 nitrogen and oxygen atoms in total. The summed E-state index contributed by atoms with van der Waals surface area (Å²) in [5, 5.41) is 12.7. The van der Waals surface area contributed by atoms with Crippen LogP contribution in [0.4, 0.5) is 28.8 Å². The third-order valence-electron chi connectivity index (χ3n) is 7.71. The lowest BCUT2D eigenvalue weighted by Gasteiger charge is -2.44. The molecule has 0 bridgehead atoms. The first-order valence-corrected chi connectivity index (χ1v) is 16.9. The van der Waals surface area contributed by atoms with E-state index < -0.39 is 7.14 Å². The van der Waals surface area contributed by atoms with Crippen molar-refractivity contribution in [3.8, 4) is 5.75 Å². The fraction of sp³-hybridized carbons (Fsp3) is 0.448. The molecule has 0 aliphatic carbocycles. The van der Waals surface area contributed by atoms with Gasteiger partial charge in [0, 0.05) is 69.4 Å². The van der Waals surface area contributed by atoms with Crippen molar-refractivity contribution in [2.45, 2.75) is 6.92 Å². The number of hydrogen-bond donors (Lipinski definition) is 2. The van der Waals surface area contributed by atoms with Crippen molar-refractivity contribution in [2.75, 3.05) is 95.4 Å². The molecule has 0 saturated carbocycles. The number of rotatable bonds is 8. The molecule has 0 unspecified atom stereocenters. The minimum absolute atomic E-state index is 0.364. The Hall–Kier alpha value is -2.88. The zero-order valence-electron chi connectivity index (χ0n) is 24.5. The summed E-state index contributed by atoms with van der Waals surface area (Å²) >= 11 is 6.46. The summed E-state index contributed by atoms with van der Waals surface area (Å²) in [6, 6.07) is 11.9. The first kappa shape index (κ1) is 29.6. The quantitative estimate of drug-likeness (QED) is 0.362. The molecule has 0 radical (unpaired) electrons. The van der Waals surface area contributed by atoms with Gasteiger partial charge in [-0.3, -0.25) is 0 Å². The van der Waals surface area contributed by atoms with E-state index in [-0.39, 0.29) is 0 Å². The number of nitrogens with zero attached hydrogens (tertiary/aromatic N) is 6. The molecule has 0 amide bonds. The van der Waals surface area contributed by atoms with E-state index in [2.05, 4.69) is 59.6 Å². The highest BCUT2D eigenvalue weighted by Gasteiger charge is 2.25. The number of piperazine rings is 2. The molecule has 41 heavy (non-hydrogen) atoms. The van der Waals surface area contributed by atoms with Gasteiger partial charge >= 0.3 is 0 Å². The number of anilines is 5. The molecule has 3 heterocycles. The van der Waals surface area contributed by atoms with Gasteiger partial charge in [-0.05, 0) is 51.1 Å². The van der Waals surface area contributed by atoms with Crippen LogP contribution >= 0.6 is 18.7 Å². The molecule has 1 aromatic heterocycles. The Morgan fingerprint density at radius 1 is 0.927 bits per heavy atom. The minimum atomic E-state index is -2.54. The third kappa shape index (κ3) is 6.96. The van der Waals surface area contributed by atoms with Gasteiger partial charge in [-0.1, -0.05) is 23.7 Å². The van der Waals surface area contributed by atoms with Gasteiger partial charge < -0.3 is 29.7 Å². The fourth-order valence-electron chi connectivity index (χ4n) is 5.53. The summed E-state index contributed by atoms with van der Waals surface area (Å²) in [4.78, 5) is 13.8. The molecule has 0 atom stereocenters. The van der Waals surface area contributed by atoms with Crippen LogP contribution in [0, 0.1) is 6.92 Å². The summed E-state index contributed by atoms with van der Waals surface area (Å²) in [7, 11) is 1.31. The van der Waals surface area contributed by atoms with E-state index in [9.17, 15) is 4.57 Å². The van der Waals surface area contributed by atoms with Crippen LogP contribution in [0.2, 0.25) is 5.02 Å². The van der Waals surface area contributed by atoms with Crippen LogP contribution in [0.15, 0.2) is 42.6 Å². The zero-order chi connectivity index (χ0) is 29.1. The summed E-state index contributed by atoms with van der Waals surface area (Å²) in [5.41, 5.74) is 3.56. The molecular formula is C29H40ClN8O2P. The highest BCUT2D eigenvalue weighted by atomic mass is 35.5. The first-order valence-electron chi connectivity index (χ1n) is 14.0. The normalized spacial score (nSPS) is 17.5. The SMILES string of the molecule is COc1cc(N2CCN(N3CCN(C)CC3)CC2)ccc1Nc1ncc(Cl)c(Nc2cccc(C)c2P(C)(C)=O)n1. The van der Waals surface area contributed by atoms with Crippen LogP contribution < -0.4 is 25.6 Å². The molecule has 2 aromatic carbocycles. The van der Waals surface area contributed by atoms with E-state index in [0.29, 0.717) is 22.5 Å². The molecular weight excluding hydrogens is 559 g/mol. The second-order valence-corrected chi connectivity index (χ2v) is 14.6. The van der Waals surface area contributed by atoms with Crippen LogP contribution in [0.3, 0.4) is 0 Å². The van der Waals surface area contributed by atoms with E-state index in [1.54, 1.807) is 26.6 Å². The largest absolute Gasteiger partial charge is 0.494 e. The van der Waals surface area contributed by atoms with Crippen LogP contribution in [0.1, 0.15) is 5.56 Å². The lowest BCUT2D eigenvalue weighted by atomic mass is 10.2. The van der Waals surface area contributed by atoms with Crippen molar-refractivity contribution in [3.63, 3.8) is 0 Å². The van der Waals surface area contributed by atoms with Gasteiger partial charge in [-0.25, -0.2) is 15.0 Å². The lowest BCUT2D eigenvalue weighted by molar-refractivity contribution is -0.0564. The molecule has 2 N–H and O–H groups in total. The number of ether oxygens (including phenoxy) is 1. The Morgan fingerprint density at radius 3 is 2.27 bits per heavy atom. The lowest BCUT2D eigenvalue weighted by Crippen LogP contribution is -2.58. The summed E-state index contributed by atoms with van der Waals surface area (Å²) in [5.74, 6) is 1.50. The highest BCUT2D eigenvalue weighted by molar-refractivity contribution is 7.70. The van der Waals surface area contributed by atoms with Crippen molar-refractivity contribution in [1.29, 1.82) is 0 Å². The minimum Gasteiger partial charge on any atom is -0.494 e. The van der Waals surface area contributed by atoms with E-state index in [0.717, 1.165) is 80.3 Å². The molecule has 3 aromatic rings. The Morgan fingerprint density at radius 2 is 1.61 bits per heavy atom. The predicted octanol–water partition coefficient (Wildman–Crippen LogP) is 4.47. The topological polar surface area (TPSA) is 89.1 Å². The first-order chi connectivity index (χ1) is 19.6. The Kier molecular flexibility index (Phi) is 9.06. The molecule has 2 fully saturated rings. The van der Waals surface area contributed by atoms with Gasteiger partial charge in [-0.15, -0.1) is 0 Å². The Labute approximate surface area is 248 Å². The standard InChI is InChI=1S/C29H40ClN8O2P/c1-21-7-6-8-25(27(21)41(4,5)39)32-28-23(30)20-31-29(34-28)33-24-10-9-22(19-26(24)40-3)36-13-17-38(18-14-36)37-15-11-35(2)12-16-37/h6-10,19-20H,11-18H2,1-5H3,(H2,31,32,33,34). The average Bonchev–Trinajstić information content (AvgIpc) is 2.95. The van der Waals surface area contributed by atoms with Crippen molar-refractivity contribution in [2.24, 2.45) is 0 Å². The summed E-state index contributed by atoms with van der Waals surface area (Å²) in [6.45, 7) is 13.8. The second-order valence-electron chi connectivity index (χ2n) is 11.0. The molecule has 220 valence electrons. The number of benzene rings is 2. The van der Waals surface area contributed by atoms with Crippen molar-refractivity contribution >= 4 is 52.9 Å². The van der Waals surface area contributed by atoms with Gasteiger partial charge in [0.1, 0.15) is 17.9 Å². The van der Waals surface area contributed by atoms with Crippen LogP contribution in [-0.4, -0.2) is 105 Å². The highest BCUT2D eigenvalue weighted by Crippen LogP contribution is 2.40. The van der Waals surface area contributed by atoms with Crippen molar-refractivity contribution < 1.29 is 9.30 Å². The number of hydrogen-bond acceptors (Lipinski definition) is 10. The maximum absolute atomic E-state index is 13.0.